The smallest absolute Gasteiger partial charge is 0.316 e. The number of carbonyl (C=O) groups excluding carboxylic acids is 1. The topological polar surface area (TPSA) is 65.2 Å². The molecule has 0 radical (unpaired) electrons. The van der Waals surface area contributed by atoms with Crippen molar-refractivity contribution in [1.82, 2.24) is 10.1 Å². The highest BCUT2D eigenvalue weighted by atomic mass is 32.2. The first-order valence-corrected chi connectivity index (χ1v) is 6.74. The van der Waals surface area contributed by atoms with E-state index in [9.17, 15) is 4.79 Å². The summed E-state index contributed by atoms with van der Waals surface area (Å²) in [4.78, 5) is 15.5. The molecule has 1 rings (SSSR count). The van der Waals surface area contributed by atoms with Crippen LogP contribution < -0.4 is 0 Å². The zero-order valence-electron chi connectivity index (χ0n) is 10.6. The molecule has 17 heavy (non-hydrogen) atoms. The highest BCUT2D eigenvalue weighted by molar-refractivity contribution is 7.99. The summed E-state index contributed by atoms with van der Waals surface area (Å²) >= 11 is 1.42. The Labute approximate surface area is 105 Å². The number of aromatic nitrogens is 2. The van der Waals surface area contributed by atoms with E-state index in [4.69, 9.17) is 9.26 Å². The van der Waals surface area contributed by atoms with Crippen LogP contribution in [0.4, 0.5) is 0 Å². The van der Waals surface area contributed by atoms with E-state index in [0.29, 0.717) is 23.2 Å². The molecule has 0 amide bonds. The maximum Gasteiger partial charge on any atom is 0.316 e. The third-order valence-corrected chi connectivity index (χ3v) is 2.70. The van der Waals surface area contributed by atoms with Crippen LogP contribution >= 0.6 is 11.8 Å². The van der Waals surface area contributed by atoms with Gasteiger partial charge in [0.1, 0.15) is 0 Å². The zero-order valence-corrected chi connectivity index (χ0v) is 11.4. The monoisotopic (exact) mass is 258 g/mol. The predicted molar refractivity (Wildman–Crippen MR) is 65.8 cm³/mol. The molecular formula is C11H18N2O3S. The molecule has 0 aliphatic heterocycles. The minimum atomic E-state index is -0.211. The molecule has 1 aromatic heterocycles. The SMILES string of the molecule is CC(C)OC(=O)CSCc1noc(C(C)C)n1. The lowest BCUT2D eigenvalue weighted by molar-refractivity contribution is -0.144. The van der Waals surface area contributed by atoms with Gasteiger partial charge in [0.25, 0.3) is 0 Å². The van der Waals surface area contributed by atoms with Crippen LogP contribution in [0.5, 0.6) is 0 Å². The van der Waals surface area contributed by atoms with Gasteiger partial charge in [0, 0.05) is 5.92 Å². The van der Waals surface area contributed by atoms with Gasteiger partial charge < -0.3 is 9.26 Å². The summed E-state index contributed by atoms with van der Waals surface area (Å²) in [7, 11) is 0. The Balaban J connectivity index is 2.28. The molecule has 1 aromatic rings. The second-order valence-corrected chi connectivity index (χ2v) is 5.22. The Morgan fingerprint density at radius 1 is 1.41 bits per heavy atom. The molecule has 0 bridgehead atoms. The molecule has 0 aliphatic rings. The molecule has 0 saturated carbocycles. The van der Waals surface area contributed by atoms with Gasteiger partial charge in [0.2, 0.25) is 5.89 Å². The molecule has 5 nitrogen and oxygen atoms in total. The molecule has 0 aromatic carbocycles. The number of carbonyl (C=O) groups is 1. The van der Waals surface area contributed by atoms with Crippen LogP contribution in [0.25, 0.3) is 0 Å². The maximum atomic E-state index is 11.2. The van der Waals surface area contributed by atoms with Gasteiger partial charge in [-0.3, -0.25) is 4.79 Å². The van der Waals surface area contributed by atoms with Crippen LogP contribution in [0, 0.1) is 0 Å². The van der Waals surface area contributed by atoms with Crippen LogP contribution in [0.1, 0.15) is 45.3 Å². The molecule has 96 valence electrons. The standard InChI is InChI=1S/C11H18N2O3S/c1-7(2)11-12-9(13-16-11)5-17-6-10(14)15-8(3)4/h7-8H,5-6H2,1-4H3. The fourth-order valence-electron chi connectivity index (χ4n) is 1.08. The Hall–Kier alpha value is -1.04. The van der Waals surface area contributed by atoms with E-state index in [0.717, 1.165) is 0 Å². The summed E-state index contributed by atoms with van der Waals surface area (Å²) < 4.78 is 10.1. The van der Waals surface area contributed by atoms with E-state index >= 15 is 0 Å². The highest BCUT2D eigenvalue weighted by Crippen LogP contribution is 2.14. The Bertz CT molecular complexity index is 363. The molecule has 1 heterocycles. The molecule has 0 unspecified atom stereocenters. The van der Waals surface area contributed by atoms with Gasteiger partial charge in [0.05, 0.1) is 17.6 Å². The minimum Gasteiger partial charge on any atom is -0.462 e. The Morgan fingerprint density at radius 2 is 2.12 bits per heavy atom. The van der Waals surface area contributed by atoms with Crippen molar-refractivity contribution in [3.8, 4) is 0 Å². The lowest BCUT2D eigenvalue weighted by Crippen LogP contribution is -2.13. The Kier molecular flexibility index (Phi) is 5.47. The third-order valence-electron chi connectivity index (χ3n) is 1.80. The van der Waals surface area contributed by atoms with Crippen LogP contribution in [0.15, 0.2) is 4.52 Å². The normalized spacial score (nSPS) is 11.2. The van der Waals surface area contributed by atoms with E-state index in [1.165, 1.54) is 11.8 Å². The van der Waals surface area contributed by atoms with E-state index in [-0.39, 0.29) is 18.0 Å². The van der Waals surface area contributed by atoms with Crippen molar-refractivity contribution in [1.29, 1.82) is 0 Å². The van der Waals surface area contributed by atoms with E-state index in [1.807, 2.05) is 27.7 Å². The first-order valence-electron chi connectivity index (χ1n) is 5.58. The second kappa shape index (κ2) is 6.64. The van der Waals surface area contributed by atoms with Crippen molar-refractivity contribution in [2.75, 3.05) is 5.75 Å². The predicted octanol–water partition coefficient (Wildman–Crippen LogP) is 2.38. The molecule has 0 spiro atoms. The van der Waals surface area contributed by atoms with Gasteiger partial charge in [-0.05, 0) is 13.8 Å². The summed E-state index contributed by atoms with van der Waals surface area (Å²) in [6.07, 6.45) is -0.0687. The number of thioether (sulfide) groups is 1. The summed E-state index contributed by atoms with van der Waals surface area (Å²) in [6.45, 7) is 7.64. The average Bonchev–Trinajstić information content (AvgIpc) is 2.65. The number of esters is 1. The van der Waals surface area contributed by atoms with Gasteiger partial charge >= 0.3 is 5.97 Å². The van der Waals surface area contributed by atoms with Gasteiger partial charge in [-0.15, -0.1) is 11.8 Å². The van der Waals surface area contributed by atoms with Crippen molar-refractivity contribution in [2.45, 2.75) is 45.5 Å². The molecule has 0 N–H and O–H groups in total. The average molecular weight is 258 g/mol. The maximum absolute atomic E-state index is 11.2. The number of rotatable bonds is 6. The summed E-state index contributed by atoms with van der Waals surface area (Å²) in [5.74, 6) is 2.14. The van der Waals surface area contributed by atoms with Crippen LogP contribution in [-0.4, -0.2) is 28.0 Å². The number of nitrogens with zero attached hydrogens (tertiary/aromatic N) is 2. The zero-order chi connectivity index (χ0) is 12.8. The molecule has 0 saturated heterocycles. The third kappa shape index (κ3) is 5.21. The summed E-state index contributed by atoms with van der Waals surface area (Å²) in [6, 6.07) is 0. The second-order valence-electron chi connectivity index (χ2n) is 4.23. The van der Waals surface area contributed by atoms with E-state index in [2.05, 4.69) is 10.1 Å². The quantitative estimate of drug-likeness (QED) is 0.730. The van der Waals surface area contributed by atoms with Crippen molar-refractivity contribution in [2.24, 2.45) is 0 Å². The lowest BCUT2D eigenvalue weighted by Gasteiger charge is -2.06. The fourth-order valence-corrected chi connectivity index (χ4v) is 1.72. The van der Waals surface area contributed by atoms with Gasteiger partial charge in [0.15, 0.2) is 5.82 Å². The molecule has 0 aliphatic carbocycles. The first kappa shape index (κ1) is 14.0. The summed E-state index contributed by atoms with van der Waals surface area (Å²) in [5.41, 5.74) is 0. The van der Waals surface area contributed by atoms with Crippen LogP contribution in [0.3, 0.4) is 0 Å². The number of hydrogen-bond acceptors (Lipinski definition) is 6. The molecular weight excluding hydrogens is 240 g/mol. The van der Waals surface area contributed by atoms with Crippen molar-refractivity contribution in [3.63, 3.8) is 0 Å². The lowest BCUT2D eigenvalue weighted by atomic mass is 10.2. The highest BCUT2D eigenvalue weighted by Gasteiger charge is 2.11. The van der Waals surface area contributed by atoms with E-state index in [1.54, 1.807) is 0 Å². The fraction of sp³-hybridized carbons (Fsp3) is 0.727. The van der Waals surface area contributed by atoms with E-state index < -0.39 is 0 Å². The van der Waals surface area contributed by atoms with Crippen LogP contribution in [0.2, 0.25) is 0 Å². The largest absolute Gasteiger partial charge is 0.462 e. The van der Waals surface area contributed by atoms with Crippen molar-refractivity contribution in [3.05, 3.63) is 11.7 Å². The Morgan fingerprint density at radius 3 is 2.65 bits per heavy atom. The number of ether oxygens (including phenoxy) is 1. The van der Waals surface area contributed by atoms with Crippen molar-refractivity contribution >= 4 is 17.7 Å². The molecule has 0 atom stereocenters. The molecule has 6 heteroatoms. The van der Waals surface area contributed by atoms with Crippen molar-refractivity contribution < 1.29 is 14.1 Å². The van der Waals surface area contributed by atoms with Gasteiger partial charge in [-0.1, -0.05) is 19.0 Å². The number of hydrogen-bond donors (Lipinski definition) is 0. The van der Waals surface area contributed by atoms with Gasteiger partial charge in [-0.2, -0.15) is 4.98 Å². The summed E-state index contributed by atoms with van der Waals surface area (Å²) in [5, 5.41) is 3.84. The first-order chi connectivity index (χ1) is 7.99. The van der Waals surface area contributed by atoms with Gasteiger partial charge in [-0.25, -0.2) is 0 Å². The molecule has 0 fully saturated rings. The van der Waals surface area contributed by atoms with Crippen LogP contribution in [-0.2, 0) is 15.3 Å². The minimum absolute atomic E-state index is 0.0687.